The molecule has 2 aromatic carbocycles. The number of benzene rings is 2. The number of aromatic hydroxyl groups is 1. The quantitative estimate of drug-likeness (QED) is 0.354. The van der Waals surface area contributed by atoms with Crippen LogP contribution in [0.4, 0.5) is 0 Å². The smallest absolute Gasteiger partial charge is 0.137 e. The minimum atomic E-state index is -0.640. The Morgan fingerprint density at radius 1 is 1.11 bits per heavy atom. The van der Waals surface area contributed by atoms with E-state index in [0.29, 0.717) is 58.1 Å². The molecular formula is C28H37NO6. The number of ether oxygens (including phenoxy) is 3. The van der Waals surface area contributed by atoms with Crippen molar-refractivity contribution in [3.05, 3.63) is 53.6 Å². The van der Waals surface area contributed by atoms with E-state index >= 15 is 0 Å². The highest BCUT2D eigenvalue weighted by molar-refractivity contribution is 5.80. The zero-order chi connectivity index (χ0) is 24.5. The lowest BCUT2D eigenvalue weighted by Gasteiger charge is -2.18. The van der Waals surface area contributed by atoms with Crippen LogP contribution in [0.15, 0.2) is 42.5 Å². The first kappa shape index (κ1) is 25.5. The normalized spacial score (nSPS) is 18.3. The summed E-state index contributed by atoms with van der Waals surface area (Å²) in [5.74, 6) is 1.96. The molecule has 1 saturated carbocycles. The van der Waals surface area contributed by atoms with Crippen LogP contribution in [-0.2, 0) is 22.4 Å². The summed E-state index contributed by atoms with van der Waals surface area (Å²) in [5.41, 5.74) is 1.95. The Morgan fingerprint density at radius 2 is 1.91 bits per heavy atom. The average Bonchev–Trinajstić information content (AvgIpc) is 3.52. The number of Topliss-reactive ketones (excluding diaryl/α,β-unsaturated/α-hetero) is 1. The molecule has 4 rings (SSSR count). The molecule has 0 aromatic heterocycles. The summed E-state index contributed by atoms with van der Waals surface area (Å²) in [6, 6.07) is 12.5. The van der Waals surface area contributed by atoms with Gasteiger partial charge in [0.05, 0.1) is 12.7 Å². The molecule has 2 atom stereocenters. The molecule has 1 aliphatic heterocycles. The first-order valence-corrected chi connectivity index (χ1v) is 12.8. The summed E-state index contributed by atoms with van der Waals surface area (Å²) in [4.78, 5) is 12.1. The van der Waals surface area contributed by atoms with Crippen LogP contribution in [0.25, 0.3) is 0 Å². The average molecular weight is 484 g/mol. The molecule has 0 amide bonds. The fourth-order valence-corrected chi connectivity index (χ4v) is 4.71. The van der Waals surface area contributed by atoms with Crippen molar-refractivity contribution >= 4 is 5.78 Å². The van der Waals surface area contributed by atoms with Crippen LogP contribution in [0.1, 0.15) is 49.7 Å². The van der Waals surface area contributed by atoms with Gasteiger partial charge in [-0.3, -0.25) is 4.79 Å². The number of ketones is 1. The van der Waals surface area contributed by atoms with Gasteiger partial charge in [-0.25, -0.2) is 0 Å². The Kier molecular flexibility index (Phi) is 9.40. The number of hydrogen-bond donors (Lipinski definition) is 3. The minimum Gasteiger partial charge on any atom is -0.508 e. The van der Waals surface area contributed by atoms with E-state index in [4.69, 9.17) is 14.2 Å². The topological polar surface area (TPSA) is 97.3 Å². The molecule has 1 fully saturated rings. The lowest BCUT2D eigenvalue weighted by molar-refractivity contribution is -0.118. The second-order valence-electron chi connectivity index (χ2n) is 9.51. The van der Waals surface area contributed by atoms with Gasteiger partial charge < -0.3 is 29.7 Å². The van der Waals surface area contributed by atoms with E-state index in [0.717, 1.165) is 35.5 Å². The van der Waals surface area contributed by atoms with E-state index in [1.165, 1.54) is 12.8 Å². The van der Waals surface area contributed by atoms with Gasteiger partial charge in [0.2, 0.25) is 0 Å². The number of aliphatic hydroxyl groups is 1. The molecule has 2 aromatic rings. The van der Waals surface area contributed by atoms with Gasteiger partial charge in [0.15, 0.2) is 0 Å². The van der Waals surface area contributed by atoms with Crippen molar-refractivity contribution in [1.29, 1.82) is 0 Å². The Balaban J connectivity index is 1.09. The summed E-state index contributed by atoms with van der Waals surface area (Å²) in [6.07, 6.45) is 6.51. The van der Waals surface area contributed by atoms with Crippen LogP contribution >= 0.6 is 0 Å². The van der Waals surface area contributed by atoms with Gasteiger partial charge in [-0.15, -0.1) is 0 Å². The summed E-state index contributed by atoms with van der Waals surface area (Å²) >= 11 is 0. The van der Waals surface area contributed by atoms with Gasteiger partial charge in [0.1, 0.15) is 41.8 Å². The van der Waals surface area contributed by atoms with Crippen LogP contribution in [0.5, 0.6) is 17.2 Å². The Hall–Kier alpha value is -2.61. The molecule has 0 bridgehead atoms. The van der Waals surface area contributed by atoms with E-state index in [-0.39, 0.29) is 17.6 Å². The van der Waals surface area contributed by atoms with Crippen LogP contribution in [-0.4, -0.2) is 60.6 Å². The molecule has 7 nitrogen and oxygen atoms in total. The Bertz CT molecular complexity index is 941. The number of carbonyl (C=O) groups is 1. The molecular weight excluding hydrogens is 446 g/mol. The largest absolute Gasteiger partial charge is 0.508 e. The second kappa shape index (κ2) is 12.9. The van der Waals surface area contributed by atoms with Crippen molar-refractivity contribution in [2.75, 3.05) is 26.3 Å². The number of aliphatic hydroxyl groups excluding tert-OH is 1. The van der Waals surface area contributed by atoms with E-state index in [1.54, 1.807) is 24.3 Å². The third-order valence-corrected chi connectivity index (χ3v) is 6.67. The first-order chi connectivity index (χ1) is 17.1. The van der Waals surface area contributed by atoms with Gasteiger partial charge in [-0.2, -0.15) is 0 Å². The summed E-state index contributed by atoms with van der Waals surface area (Å²) < 4.78 is 17.6. The molecule has 0 radical (unpaired) electrons. The number of nitrogens with one attached hydrogen (secondary N) is 1. The van der Waals surface area contributed by atoms with Crippen LogP contribution in [0.2, 0.25) is 0 Å². The van der Waals surface area contributed by atoms with E-state index in [2.05, 4.69) is 5.32 Å². The maximum absolute atomic E-state index is 12.1. The van der Waals surface area contributed by atoms with Gasteiger partial charge >= 0.3 is 0 Å². The van der Waals surface area contributed by atoms with E-state index in [9.17, 15) is 15.0 Å². The van der Waals surface area contributed by atoms with Crippen molar-refractivity contribution in [1.82, 2.24) is 5.32 Å². The van der Waals surface area contributed by atoms with Gasteiger partial charge in [0, 0.05) is 31.4 Å². The highest BCUT2D eigenvalue weighted by atomic mass is 16.5. The number of phenolic OH excluding ortho intramolecular Hbond substituents is 1. The van der Waals surface area contributed by atoms with Crippen molar-refractivity contribution in [3.63, 3.8) is 0 Å². The van der Waals surface area contributed by atoms with Crippen molar-refractivity contribution in [2.24, 2.45) is 0 Å². The maximum Gasteiger partial charge on any atom is 0.137 e. The number of rotatable bonds is 14. The van der Waals surface area contributed by atoms with Crippen LogP contribution in [0.3, 0.4) is 0 Å². The number of fused-ring (bicyclic) bond motifs is 1. The van der Waals surface area contributed by atoms with E-state index in [1.807, 2.05) is 18.2 Å². The predicted molar refractivity (Wildman–Crippen MR) is 133 cm³/mol. The predicted octanol–water partition coefficient (Wildman–Crippen LogP) is 3.58. The van der Waals surface area contributed by atoms with Crippen LogP contribution in [0, 0.1) is 0 Å². The van der Waals surface area contributed by atoms with Gasteiger partial charge in [-0.05, 0) is 61.7 Å². The van der Waals surface area contributed by atoms with Gasteiger partial charge in [-0.1, -0.05) is 25.0 Å². The molecule has 35 heavy (non-hydrogen) atoms. The molecule has 0 saturated heterocycles. The van der Waals surface area contributed by atoms with Crippen molar-refractivity contribution in [3.8, 4) is 17.2 Å². The first-order valence-electron chi connectivity index (χ1n) is 12.8. The highest BCUT2D eigenvalue weighted by Gasteiger charge is 2.29. The zero-order valence-corrected chi connectivity index (χ0v) is 20.3. The number of phenols is 1. The van der Waals surface area contributed by atoms with Crippen LogP contribution < -0.4 is 14.8 Å². The Morgan fingerprint density at radius 3 is 2.71 bits per heavy atom. The summed E-state index contributed by atoms with van der Waals surface area (Å²) in [5, 5.41) is 23.1. The second-order valence-corrected chi connectivity index (χ2v) is 9.51. The summed E-state index contributed by atoms with van der Waals surface area (Å²) in [6.45, 7) is 2.20. The fraction of sp³-hybridized carbons (Fsp3) is 0.536. The molecule has 1 aliphatic carbocycles. The van der Waals surface area contributed by atoms with Gasteiger partial charge in [0.25, 0.3) is 0 Å². The molecule has 0 spiro atoms. The fourth-order valence-electron chi connectivity index (χ4n) is 4.71. The minimum absolute atomic E-state index is 0.163. The zero-order valence-electron chi connectivity index (χ0n) is 20.3. The number of hydrogen-bond acceptors (Lipinski definition) is 7. The SMILES string of the molecule is O=C(CCCNCC(O)C1Cc2cc(OCCOC3CCCC3)ccc2O1)Cc1ccc(O)cc1. The highest BCUT2D eigenvalue weighted by Crippen LogP contribution is 2.33. The molecule has 3 N–H and O–H groups in total. The third kappa shape index (κ3) is 7.95. The molecule has 7 heteroatoms. The third-order valence-electron chi connectivity index (χ3n) is 6.67. The number of carbonyl (C=O) groups excluding carboxylic acids is 1. The molecule has 2 aliphatic rings. The molecule has 2 unspecified atom stereocenters. The van der Waals surface area contributed by atoms with Crippen molar-refractivity contribution in [2.45, 2.75) is 69.7 Å². The maximum atomic E-state index is 12.1. The van der Waals surface area contributed by atoms with E-state index < -0.39 is 6.10 Å². The standard InChI is InChI=1S/C28H37NO6/c30-22-9-7-20(8-10-22)16-23(31)4-3-13-29-19-26(32)28-18-21-17-25(11-12-27(21)35-28)34-15-14-33-24-5-1-2-6-24/h7-12,17,24,26,28-30,32H,1-6,13-16,18-19H2. The lowest BCUT2D eigenvalue weighted by atomic mass is 10.1. The monoisotopic (exact) mass is 483 g/mol. The molecule has 1 heterocycles. The lowest BCUT2D eigenvalue weighted by Crippen LogP contribution is -2.39. The van der Waals surface area contributed by atoms with Crippen molar-refractivity contribution < 1.29 is 29.2 Å². The summed E-state index contributed by atoms with van der Waals surface area (Å²) in [7, 11) is 0. The molecule has 190 valence electrons. The Labute approximate surface area is 207 Å².